The molecule has 3 unspecified atom stereocenters. The Balaban J connectivity index is 0.996. The van der Waals surface area contributed by atoms with Crippen LogP contribution in [0, 0.1) is 17.8 Å². The number of nitrogens with one attached hydrogen (secondary N) is 6. The minimum absolute atomic E-state index is 0.0210. The zero-order chi connectivity index (χ0) is 102. The fraction of sp³-hybridized carbons (Fsp3) is 0.713. The van der Waals surface area contributed by atoms with E-state index in [0.29, 0.717) is 183 Å². The molecule has 3 aromatic rings. The molecule has 9 amide bonds. The minimum atomic E-state index is -2.08. The highest BCUT2D eigenvalue weighted by Gasteiger charge is 2.50. The third-order valence-electron chi connectivity index (χ3n) is 23.7. The van der Waals surface area contributed by atoms with Gasteiger partial charge in [0, 0.05) is 95.8 Å². The molecule has 0 bridgehead atoms. The monoisotopic (exact) mass is 2010 g/mol. The van der Waals surface area contributed by atoms with Gasteiger partial charge in [-0.25, -0.2) is 9.78 Å². The number of nitrogens with zero attached hydrogens (tertiary/aromatic N) is 4. The Kier molecular flexibility index (Phi) is 56.7. The number of hydrogen-bond donors (Lipinski definition) is 12. The maximum absolute atomic E-state index is 15.2. The zero-order valence-electron chi connectivity index (χ0n) is 81.9. The lowest BCUT2D eigenvalue weighted by Gasteiger charge is -2.44. The number of benzene rings is 2. The Morgan fingerprint density at radius 1 is 0.669 bits per heavy atom. The van der Waals surface area contributed by atoms with Gasteiger partial charge in [0.2, 0.25) is 47.6 Å². The predicted molar refractivity (Wildman–Crippen MR) is 508 cm³/mol. The fourth-order valence-electron chi connectivity index (χ4n) is 15.7. The highest BCUT2D eigenvalue weighted by molar-refractivity contribution is 8.00. The fourth-order valence-corrected chi connectivity index (χ4v) is 17.2. The number of nitrogens with two attached hydrogens (primary N) is 1. The van der Waals surface area contributed by atoms with Crippen LogP contribution in [0.5, 0.6) is 5.75 Å². The van der Waals surface area contributed by atoms with Crippen molar-refractivity contribution in [2.75, 3.05) is 211 Å². The first-order valence-corrected chi connectivity index (χ1v) is 49.8. The van der Waals surface area contributed by atoms with E-state index < -0.39 is 168 Å². The Bertz CT molecular complexity index is 4190. The molecular weight excluding hydrogens is 1860 g/mol. The highest BCUT2D eigenvalue weighted by Crippen LogP contribution is 2.36. The number of piperidine rings is 1. The van der Waals surface area contributed by atoms with E-state index >= 15 is 9.59 Å². The number of thiazole rings is 1. The predicted octanol–water partition coefficient (Wildman–Crippen LogP) is 2.33. The Morgan fingerprint density at radius 2 is 1.24 bits per heavy atom. The summed E-state index contributed by atoms with van der Waals surface area (Å²) in [5.74, 6) is -10.4. The molecule has 1 aromatic heterocycles. The van der Waals surface area contributed by atoms with E-state index in [1.807, 2.05) is 65.1 Å². The van der Waals surface area contributed by atoms with Gasteiger partial charge in [0.15, 0.2) is 18.2 Å². The van der Waals surface area contributed by atoms with Gasteiger partial charge >= 0.3 is 17.9 Å². The van der Waals surface area contributed by atoms with Crippen molar-refractivity contribution in [1.29, 1.82) is 0 Å². The molecule has 6 rings (SSSR count). The molecule has 0 spiro atoms. The van der Waals surface area contributed by atoms with Gasteiger partial charge in [-0.3, -0.25) is 57.6 Å². The van der Waals surface area contributed by atoms with Gasteiger partial charge in [0.05, 0.1) is 182 Å². The number of rotatable bonds is 74. The largest absolute Gasteiger partial charge is 0.481 e. The van der Waals surface area contributed by atoms with Gasteiger partial charge in [-0.05, 0) is 86.8 Å². The number of carboxylic acid groups (broad SMARTS) is 2. The standard InChI is InChI=1S/C94H149N11O32S2/c1-11-62(4)80(91(118)103(7)71(61(2)3)56-75(135-64(6)106)89-101-70(60-139-89)86(114)98-67(53-63(5)92(119)120)54-65-19-13-12-14-20-65)102-88(116)73-22-16-18-29-105(73,8)59-66-23-24-74(136-94-83(112)81(110)82(111)84(137-94)93(121)122)69(55-66)99-78(108)25-28-97-85(113)68(100-87(115)72(58-95)104-79(109)57-76(138-10)90(104)117)21-15-17-27-96-77(107)26-30-124-33-34-126-37-38-128-41-42-130-45-46-132-49-50-134-52-51-133-48-47-131-44-43-129-40-39-127-36-35-125-32-31-123-9/h12-14,19-20,23-24,55,60-63,67-68,71-73,75-76,80-84,94,110-112H,11,15-18,21-22,25-54,56-59,95H2,1-10H3,(H7-,96,97,98,99,100,102,107,108,113,114,115,116,119,120,121,122)/p+1/t62-,63-,67+,68-,71+,72-,73+,75+,76?,80-,81-,82-,83+,84-,94?,105?/m0/s1. The number of carbonyl (C=O) groups is 12. The number of aliphatic hydroxyl groups is 3. The number of aromatic nitrogens is 1. The molecule has 43 nitrogen and oxygen atoms in total. The molecule has 2 aromatic carbocycles. The number of unbranched alkanes of at least 4 members (excludes halogenated alkanes) is 1. The van der Waals surface area contributed by atoms with Crippen molar-refractivity contribution < 1.29 is 159 Å². The van der Waals surface area contributed by atoms with Crippen molar-refractivity contribution in [2.24, 2.45) is 23.5 Å². The third kappa shape index (κ3) is 42.8. The Hall–Kier alpha value is -8.66. The first kappa shape index (κ1) is 119. The lowest BCUT2D eigenvalue weighted by molar-refractivity contribution is -0.942. The van der Waals surface area contributed by atoms with Crippen LogP contribution < -0.4 is 42.4 Å². The smallest absolute Gasteiger partial charge is 0.335 e. The van der Waals surface area contributed by atoms with Gasteiger partial charge in [-0.2, -0.15) is 11.8 Å². The molecule has 784 valence electrons. The highest BCUT2D eigenvalue weighted by atomic mass is 32.2. The van der Waals surface area contributed by atoms with Gasteiger partial charge in [-0.15, -0.1) is 11.3 Å². The number of aliphatic hydroxyl groups excluding tert-OH is 3. The number of aliphatic carboxylic acids is 2. The molecule has 4 heterocycles. The summed E-state index contributed by atoms with van der Waals surface area (Å²) in [5.41, 5.74) is 7.37. The molecule has 16 atom stereocenters. The maximum Gasteiger partial charge on any atom is 0.335 e. The molecule has 3 aliphatic rings. The Morgan fingerprint density at radius 3 is 1.76 bits per heavy atom. The van der Waals surface area contributed by atoms with Crippen LogP contribution in [0.3, 0.4) is 0 Å². The van der Waals surface area contributed by atoms with E-state index in [1.54, 1.807) is 38.3 Å². The number of ether oxygens (including phenoxy) is 15. The van der Waals surface area contributed by atoms with Gasteiger partial charge < -0.3 is 144 Å². The molecule has 3 aliphatic heterocycles. The summed E-state index contributed by atoms with van der Waals surface area (Å²) in [7, 11) is 5.12. The van der Waals surface area contributed by atoms with Crippen molar-refractivity contribution in [2.45, 2.75) is 210 Å². The van der Waals surface area contributed by atoms with Crippen molar-refractivity contribution in [3.05, 3.63) is 75.7 Å². The van der Waals surface area contributed by atoms with Crippen LogP contribution in [0.1, 0.15) is 151 Å². The Labute approximate surface area is 821 Å². The summed E-state index contributed by atoms with van der Waals surface area (Å²) < 4.78 is 83.0. The second kappa shape index (κ2) is 66.2. The molecule has 139 heavy (non-hydrogen) atoms. The van der Waals surface area contributed by atoms with E-state index in [-0.39, 0.29) is 116 Å². The molecular formula is C94H150N11O32S2+. The first-order valence-electron chi connectivity index (χ1n) is 47.7. The number of carbonyl (C=O) groups excluding carboxylic acids is 10. The van der Waals surface area contributed by atoms with Crippen LogP contribution in [-0.4, -0.2) is 394 Å². The van der Waals surface area contributed by atoms with Gasteiger partial charge in [-0.1, -0.05) is 71.4 Å². The van der Waals surface area contributed by atoms with Crippen LogP contribution in [0.15, 0.2) is 53.9 Å². The van der Waals surface area contributed by atoms with Crippen molar-refractivity contribution in [3.63, 3.8) is 0 Å². The normalized spacial score (nSPS) is 20.0. The first-order chi connectivity index (χ1) is 66.7. The second-order valence-corrected chi connectivity index (χ2v) is 36.6. The van der Waals surface area contributed by atoms with Gasteiger partial charge in [0.25, 0.3) is 11.8 Å². The topological polar surface area (TPSA) is 562 Å². The van der Waals surface area contributed by atoms with E-state index in [2.05, 4.69) is 36.9 Å². The van der Waals surface area contributed by atoms with Gasteiger partial charge in [0.1, 0.15) is 59.4 Å². The molecule has 3 fully saturated rings. The van der Waals surface area contributed by atoms with E-state index in [4.69, 9.17) is 76.8 Å². The summed E-state index contributed by atoms with van der Waals surface area (Å²) in [5, 5.41) is 70.2. The number of quaternary nitrogens is 1. The van der Waals surface area contributed by atoms with E-state index in [1.165, 1.54) is 24.4 Å². The number of amides is 9. The molecule has 13 N–H and O–H groups in total. The lowest BCUT2D eigenvalue weighted by atomic mass is 9.92. The van der Waals surface area contributed by atoms with Crippen molar-refractivity contribution in [3.8, 4) is 5.75 Å². The maximum atomic E-state index is 15.2. The number of likely N-dealkylation sites (tertiary alicyclic amines) is 2. The molecule has 3 saturated heterocycles. The van der Waals surface area contributed by atoms with Crippen molar-refractivity contribution in [1.82, 2.24) is 41.4 Å². The third-order valence-corrected chi connectivity index (χ3v) is 25.6. The SMILES string of the molecule is CC[C@H](C)[C@H](NC(=O)[C@H]1CCCC[N+]1(C)Cc1ccc(OC2O[C@H](C(=O)O)[C@@H](O)[C@H](O)[C@H]2O)c(NC(=O)CCNC(=O)[C@H](CCCCNC(=O)CCOCCOCCOCCOCCOCCOCCOCCOCCOCCOCCOCCOC)NC(=O)[C@H](CN)N2C(=O)CC(SC)C2=O)c1)C(=O)N(C)[C@H](C[C@@H](OC(C)=O)c1nc(C(=O)N[C@@H](Cc2ccccc2)C[C@H](C)C(=O)O)cs1)C(C)C. The second-order valence-electron chi connectivity index (χ2n) is 34.7. The summed E-state index contributed by atoms with van der Waals surface area (Å²) in [6.07, 6.45) is -6.95. The number of anilines is 1. The summed E-state index contributed by atoms with van der Waals surface area (Å²) >= 11 is 2.22. The van der Waals surface area contributed by atoms with E-state index in [0.717, 1.165) is 33.6 Å². The van der Waals surface area contributed by atoms with Crippen LogP contribution in [0.25, 0.3) is 0 Å². The summed E-state index contributed by atoms with van der Waals surface area (Å²) in [6, 6.07) is 7.97. The zero-order valence-corrected chi connectivity index (χ0v) is 83.5. The number of esters is 1. The van der Waals surface area contributed by atoms with Crippen LogP contribution >= 0.6 is 23.1 Å². The lowest BCUT2D eigenvalue weighted by Crippen LogP contribution is -2.63. The van der Waals surface area contributed by atoms with Crippen LogP contribution in [0.4, 0.5) is 5.69 Å². The molecule has 45 heteroatoms. The van der Waals surface area contributed by atoms with Crippen LogP contribution in [0.2, 0.25) is 0 Å². The number of likely N-dealkylation sites (N-methyl/N-ethyl adjacent to an activating group) is 2. The average molecular weight is 2010 g/mol. The summed E-state index contributed by atoms with van der Waals surface area (Å²) in [6.45, 7) is 19.6. The summed E-state index contributed by atoms with van der Waals surface area (Å²) in [4.78, 5) is 170. The number of hydrogen-bond acceptors (Lipinski definition) is 34. The number of methoxy groups -OCH3 is 1. The van der Waals surface area contributed by atoms with Crippen molar-refractivity contribution >= 4 is 99.9 Å². The average Bonchev–Trinajstić information content (AvgIpc) is 1.63. The molecule has 0 saturated carbocycles. The number of thioether (sulfide) groups is 1. The quantitative estimate of drug-likeness (QED) is 0.0167. The minimum Gasteiger partial charge on any atom is -0.481 e. The van der Waals surface area contributed by atoms with Crippen LogP contribution in [-0.2, 0) is 132 Å². The molecule has 0 aliphatic carbocycles. The van der Waals surface area contributed by atoms with E-state index in [9.17, 15) is 73.5 Å². The number of imide groups is 1. The number of carboxylic acids is 2. The molecule has 0 radical (unpaired) electrons.